The van der Waals surface area contributed by atoms with Crippen LogP contribution in [0, 0.1) is 11.6 Å². The SMILES string of the molecule is COCCONC(=O)N1N=C(c2cc(F)ccc2F)SC1(CCCOP(=O)(O)O)c1ccccc1. The summed E-state index contributed by atoms with van der Waals surface area (Å²) in [6, 6.07) is 10.8. The van der Waals surface area contributed by atoms with Gasteiger partial charge >= 0.3 is 13.9 Å². The molecule has 190 valence electrons. The molecule has 0 aliphatic carbocycles. The number of phosphoric acid groups is 1. The molecule has 0 bridgehead atoms. The molecule has 2 aromatic rings. The number of hydroxylamine groups is 1. The number of amides is 2. The molecule has 0 spiro atoms. The van der Waals surface area contributed by atoms with Gasteiger partial charge in [0.15, 0.2) is 0 Å². The number of halogens is 2. The number of rotatable bonds is 11. The Morgan fingerprint density at radius 3 is 2.60 bits per heavy atom. The molecule has 10 nitrogen and oxygen atoms in total. The van der Waals surface area contributed by atoms with Crippen molar-refractivity contribution in [1.29, 1.82) is 0 Å². The normalized spacial score (nSPS) is 18.0. The summed E-state index contributed by atoms with van der Waals surface area (Å²) in [5.74, 6) is -1.42. The number of carbonyl (C=O) groups is 1. The first-order chi connectivity index (χ1) is 16.7. The fraction of sp³-hybridized carbons (Fsp3) is 0.333. The first-order valence-electron chi connectivity index (χ1n) is 10.4. The van der Waals surface area contributed by atoms with Crippen molar-refractivity contribution in [3.05, 3.63) is 71.3 Å². The number of nitrogens with one attached hydrogen (secondary N) is 1. The molecule has 1 aliphatic rings. The Balaban J connectivity index is 1.99. The van der Waals surface area contributed by atoms with Crippen LogP contribution >= 0.6 is 19.6 Å². The number of methoxy groups -OCH3 is 1. The van der Waals surface area contributed by atoms with Crippen molar-refractivity contribution in [3.63, 3.8) is 0 Å². The lowest BCUT2D eigenvalue weighted by Gasteiger charge is -2.35. The fourth-order valence-corrected chi connectivity index (χ4v) is 5.12. The lowest BCUT2D eigenvalue weighted by molar-refractivity contribution is 0.0109. The highest BCUT2D eigenvalue weighted by Gasteiger charge is 2.49. The third-order valence-electron chi connectivity index (χ3n) is 4.84. The van der Waals surface area contributed by atoms with Gasteiger partial charge in [0.2, 0.25) is 0 Å². The minimum atomic E-state index is -4.70. The minimum Gasteiger partial charge on any atom is -0.382 e. The summed E-state index contributed by atoms with van der Waals surface area (Å²) < 4.78 is 49.1. The van der Waals surface area contributed by atoms with Crippen LogP contribution in [0.5, 0.6) is 0 Å². The number of thioether (sulfide) groups is 1. The summed E-state index contributed by atoms with van der Waals surface area (Å²) in [7, 11) is -3.24. The summed E-state index contributed by atoms with van der Waals surface area (Å²) in [6.45, 7) is -0.0583. The van der Waals surface area contributed by atoms with E-state index in [1.807, 2.05) is 0 Å². The predicted molar refractivity (Wildman–Crippen MR) is 124 cm³/mol. The van der Waals surface area contributed by atoms with Gasteiger partial charge in [0, 0.05) is 12.7 Å². The summed E-state index contributed by atoms with van der Waals surface area (Å²) in [5.41, 5.74) is 2.71. The largest absolute Gasteiger partial charge is 0.469 e. The molecule has 2 amide bonds. The third-order valence-corrected chi connectivity index (χ3v) is 6.81. The van der Waals surface area contributed by atoms with E-state index in [0.29, 0.717) is 5.56 Å². The van der Waals surface area contributed by atoms with Gasteiger partial charge in [-0.15, -0.1) is 0 Å². The fourth-order valence-electron chi connectivity index (χ4n) is 3.33. The molecule has 1 heterocycles. The van der Waals surface area contributed by atoms with Crippen molar-refractivity contribution in [2.45, 2.75) is 17.7 Å². The van der Waals surface area contributed by atoms with Crippen LogP contribution in [0.4, 0.5) is 13.6 Å². The van der Waals surface area contributed by atoms with Crippen molar-refractivity contribution in [2.24, 2.45) is 5.10 Å². The molecule has 1 unspecified atom stereocenters. The minimum absolute atomic E-state index is 0.0359. The molecule has 1 atom stereocenters. The first-order valence-corrected chi connectivity index (χ1v) is 12.7. The predicted octanol–water partition coefficient (Wildman–Crippen LogP) is 3.71. The van der Waals surface area contributed by atoms with E-state index >= 15 is 0 Å². The third kappa shape index (κ3) is 7.07. The van der Waals surface area contributed by atoms with Crippen molar-refractivity contribution in [3.8, 4) is 0 Å². The molecule has 0 saturated carbocycles. The van der Waals surface area contributed by atoms with Crippen LogP contribution in [0.3, 0.4) is 0 Å². The number of nitrogens with zero attached hydrogens (tertiary/aromatic N) is 2. The van der Waals surface area contributed by atoms with Gasteiger partial charge in [-0.25, -0.2) is 23.6 Å². The Morgan fingerprint density at radius 2 is 1.91 bits per heavy atom. The van der Waals surface area contributed by atoms with Crippen LogP contribution in [0.25, 0.3) is 0 Å². The quantitative estimate of drug-likeness (QED) is 0.227. The molecule has 14 heteroatoms. The maximum absolute atomic E-state index is 14.6. The lowest BCUT2D eigenvalue weighted by atomic mass is 10.0. The number of ether oxygens (including phenoxy) is 1. The van der Waals surface area contributed by atoms with E-state index < -0.39 is 30.4 Å². The second kappa shape index (κ2) is 12.0. The zero-order valence-electron chi connectivity index (χ0n) is 18.6. The number of hydrazone groups is 1. The number of urea groups is 1. The summed E-state index contributed by atoms with van der Waals surface area (Å²) in [5, 5.41) is 5.39. The van der Waals surface area contributed by atoms with Crippen LogP contribution in [0.1, 0.15) is 24.0 Å². The van der Waals surface area contributed by atoms with Crippen molar-refractivity contribution < 1.29 is 42.0 Å². The smallest absolute Gasteiger partial charge is 0.382 e. The second-order valence-corrected chi connectivity index (χ2v) is 9.77. The van der Waals surface area contributed by atoms with E-state index in [1.54, 1.807) is 30.3 Å². The average Bonchev–Trinajstić information content (AvgIpc) is 3.22. The average molecular weight is 531 g/mol. The first kappa shape index (κ1) is 27.2. The number of hydrogen-bond donors (Lipinski definition) is 3. The molecular weight excluding hydrogens is 507 g/mol. The van der Waals surface area contributed by atoms with Gasteiger partial charge in [-0.05, 0) is 36.6 Å². The van der Waals surface area contributed by atoms with Crippen molar-refractivity contribution in [2.75, 3.05) is 26.9 Å². The van der Waals surface area contributed by atoms with E-state index in [4.69, 9.17) is 19.4 Å². The highest BCUT2D eigenvalue weighted by Crippen LogP contribution is 2.51. The topological polar surface area (TPSA) is 130 Å². The lowest BCUT2D eigenvalue weighted by Crippen LogP contribution is -2.46. The van der Waals surface area contributed by atoms with Crippen LogP contribution in [-0.2, 0) is 23.5 Å². The standard InChI is InChI=1S/C21H24F2N3O7PS/c1-31-12-13-32-25-20(27)26-21(15-6-3-2-4-7-15,10-5-11-33-34(28,29)30)35-19(24-26)17-14-16(22)8-9-18(17)23/h2-4,6-9,14H,5,10-13H2,1H3,(H,25,27)(H2,28,29,30). The highest BCUT2D eigenvalue weighted by atomic mass is 32.2. The Kier molecular flexibility index (Phi) is 9.36. The van der Waals surface area contributed by atoms with Gasteiger partial charge in [-0.3, -0.25) is 9.36 Å². The Labute approximate surface area is 204 Å². The molecule has 1 aliphatic heterocycles. The summed E-state index contributed by atoms with van der Waals surface area (Å²) >= 11 is 1.00. The maximum Gasteiger partial charge on any atom is 0.469 e. The van der Waals surface area contributed by atoms with E-state index in [9.17, 15) is 18.1 Å². The van der Waals surface area contributed by atoms with E-state index in [-0.39, 0.29) is 43.3 Å². The van der Waals surface area contributed by atoms with Gasteiger partial charge < -0.3 is 14.5 Å². The molecule has 0 saturated heterocycles. The van der Waals surface area contributed by atoms with Crippen LogP contribution in [-0.4, -0.2) is 52.8 Å². The van der Waals surface area contributed by atoms with Crippen molar-refractivity contribution in [1.82, 2.24) is 10.5 Å². The van der Waals surface area contributed by atoms with Crippen molar-refractivity contribution >= 4 is 30.7 Å². The van der Waals surface area contributed by atoms with Gasteiger partial charge in [-0.1, -0.05) is 42.1 Å². The summed E-state index contributed by atoms with van der Waals surface area (Å²) in [4.78, 5) is 35.0. The Bertz CT molecular complexity index is 1110. The molecule has 0 fully saturated rings. The summed E-state index contributed by atoms with van der Waals surface area (Å²) in [6.07, 6.45) is 0.187. The zero-order valence-corrected chi connectivity index (χ0v) is 20.3. The van der Waals surface area contributed by atoms with E-state index in [0.717, 1.165) is 35.0 Å². The Hall–Kier alpha value is -2.38. The Morgan fingerprint density at radius 1 is 1.17 bits per heavy atom. The number of phosphoric ester groups is 1. The van der Waals surface area contributed by atoms with Gasteiger partial charge in [0.1, 0.15) is 21.5 Å². The van der Waals surface area contributed by atoms with Crippen LogP contribution in [0.15, 0.2) is 53.6 Å². The molecule has 3 N–H and O–H groups in total. The van der Waals surface area contributed by atoms with Gasteiger partial charge in [0.25, 0.3) is 0 Å². The van der Waals surface area contributed by atoms with E-state index in [2.05, 4.69) is 15.1 Å². The number of carbonyl (C=O) groups excluding carboxylic acids is 1. The molecule has 2 aromatic carbocycles. The molecule has 0 aromatic heterocycles. The van der Waals surface area contributed by atoms with Gasteiger partial charge in [-0.2, -0.15) is 10.1 Å². The molecular formula is C21H24F2N3O7PS. The van der Waals surface area contributed by atoms with Crippen LogP contribution < -0.4 is 5.48 Å². The van der Waals surface area contributed by atoms with Gasteiger partial charge in [0.05, 0.1) is 19.8 Å². The monoisotopic (exact) mass is 531 g/mol. The molecule has 3 rings (SSSR count). The highest BCUT2D eigenvalue weighted by molar-refractivity contribution is 8.15. The van der Waals surface area contributed by atoms with E-state index in [1.165, 1.54) is 7.11 Å². The van der Waals surface area contributed by atoms with Crippen LogP contribution in [0.2, 0.25) is 0 Å². The number of hydrogen-bond acceptors (Lipinski definition) is 7. The number of benzene rings is 2. The molecule has 0 radical (unpaired) electrons. The molecule has 35 heavy (non-hydrogen) atoms. The zero-order chi connectivity index (χ0) is 25.5. The second-order valence-electron chi connectivity index (χ2n) is 7.27. The maximum atomic E-state index is 14.6.